The highest BCUT2D eigenvalue weighted by Crippen LogP contribution is 2.21. The van der Waals surface area contributed by atoms with Gasteiger partial charge in [0.25, 0.3) is 5.91 Å². The molecule has 0 radical (unpaired) electrons. The number of carbonyl (C=O) groups excluding carboxylic acids is 1. The molecule has 1 unspecified atom stereocenters. The van der Waals surface area contributed by atoms with Crippen LogP contribution in [0.4, 0.5) is 0 Å². The van der Waals surface area contributed by atoms with Gasteiger partial charge in [-0.05, 0) is 42.3 Å². The zero-order chi connectivity index (χ0) is 14.7. The Morgan fingerprint density at radius 2 is 2.05 bits per heavy atom. The Morgan fingerprint density at radius 1 is 1.47 bits per heavy atom. The van der Waals surface area contributed by atoms with Gasteiger partial charge in [-0.2, -0.15) is 0 Å². The molecule has 0 saturated heterocycles. The first kappa shape index (κ1) is 15.8. The van der Waals surface area contributed by atoms with E-state index in [4.69, 9.17) is 5.11 Å². The van der Waals surface area contributed by atoms with E-state index >= 15 is 0 Å². The maximum Gasteiger partial charge on any atom is 0.326 e. The van der Waals surface area contributed by atoms with Gasteiger partial charge in [0, 0.05) is 23.8 Å². The summed E-state index contributed by atoms with van der Waals surface area (Å²) < 4.78 is 2.64. The topological polar surface area (TPSA) is 62.5 Å². The van der Waals surface area contributed by atoms with Crippen molar-refractivity contribution in [3.63, 3.8) is 0 Å². The van der Waals surface area contributed by atoms with Gasteiger partial charge >= 0.3 is 5.97 Å². The predicted molar refractivity (Wildman–Crippen MR) is 76.3 cm³/mol. The van der Waals surface area contributed by atoms with Gasteiger partial charge in [-0.1, -0.05) is 6.92 Å². The van der Waals surface area contributed by atoms with Gasteiger partial charge in [0.05, 0.1) is 0 Å². The lowest BCUT2D eigenvalue weighted by Crippen LogP contribution is -2.42. The van der Waals surface area contributed by atoms with Crippen molar-refractivity contribution >= 4 is 27.8 Å². The Morgan fingerprint density at radius 3 is 2.47 bits per heavy atom. The van der Waals surface area contributed by atoms with Crippen LogP contribution in [0.5, 0.6) is 0 Å². The average Bonchev–Trinajstić information content (AvgIpc) is 2.70. The molecule has 0 aliphatic carbocycles. The SMILES string of the molecule is CCC(C(=O)O)N(C)C(=O)c1cc(Br)cn1C(C)C. The minimum absolute atomic E-state index is 0.128. The van der Waals surface area contributed by atoms with Gasteiger partial charge in [0.1, 0.15) is 11.7 Å². The molecule has 6 heteroatoms. The lowest BCUT2D eigenvalue weighted by molar-refractivity contribution is -0.142. The van der Waals surface area contributed by atoms with Crippen LogP contribution in [0.1, 0.15) is 43.7 Å². The molecule has 0 aliphatic rings. The fraction of sp³-hybridized carbons (Fsp3) is 0.538. The standard InChI is InChI=1S/C13H19BrN2O3/c1-5-10(13(18)19)15(4)12(17)11-6-9(14)7-16(11)8(2)3/h6-8,10H,5H2,1-4H3,(H,18,19). The molecular formula is C13H19BrN2O3. The third-order valence-corrected chi connectivity index (χ3v) is 3.48. The number of nitrogens with zero attached hydrogens (tertiary/aromatic N) is 2. The van der Waals surface area contributed by atoms with E-state index in [0.717, 1.165) is 4.47 Å². The van der Waals surface area contributed by atoms with Crippen LogP contribution >= 0.6 is 15.9 Å². The van der Waals surface area contributed by atoms with E-state index in [2.05, 4.69) is 15.9 Å². The number of amides is 1. The summed E-state index contributed by atoms with van der Waals surface area (Å²) in [5, 5.41) is 9.11. The number of hydrogen-bond acceptors (Lipinski definition) is 2. The van der Waals surface area contributed by atoms with Crippen LogP contribution in [0.3, 0.4) is 0 Å². The third kappa shape index (κ3) is 3.37. The number of carboxylic acids is 1. The zero-order valence-electron chi connectivity index (χ0n) is 11.6. The van der Waals surface area contributed by atoms with Crippen molar-refractivity contribution in [1.29, 1.82) is 0 Å². The molecule has 1 heterocycles. The number of likely N-dealkylation sites (N-methyl/N-ethyl adjacent to an activating group) is 1. The molecule has 5 nitrogen and oxygen atoms in total. The highest BCUT2D eigenvalue weighted by atomic mass is 79.9. The summed E-state index contributed by atoms with van der Waals surface area (Å²) in [6, 6.07) is 1.04. The highest BCUT2D eigenvalue weighted by Gasteiger charge is 2.27. The molecule has 1 rings (SSSR count). The Kier molecular flexibility index (Phi) is 5.17. The van der Waals surface area contributed by atoms with E-state index < -0.39 is 12.0 Å². The smallest absolute Gasteiger partial charge is 0.326 e. The molecule has 0 fully saturated rings. The fourth-order valence-electron chi connectivity index (χ4n) is 1.98. The second kappa shape index (κ2) is 6.23. The van der Waals surface area contributed by atoms with Crippen molar-refractivity contribution < 1.29 is 14.7 Å². The third-order valence-electron chi connectivity index (χ3n) is 3.05. The first-order valence-corrected chi connectivity index (χ1v) is 6.96. The highest BCUT2D eigenvalue weighted by molar-refractivity contribution is 9.10. The van der Waals surface area contributed by atoms with Gasteiger partial charge in [0.15, 0.2) is 0 Å². The van der Waals surface area contributed by atoms with Crippen molar-refractivity contribution in [2.45, 2.75) is 39.3 Å². The Hall–Kier alpha value is -1.30. The lowest BCUT2D eigenvalue weighted by atomic mass is 10.2. The van der Waals surface area contributed by atoms with Crippen LogP contribution in [0.2, 0.25) is 0 Å². The van der Waals surface area contributed by atoms with Crippen molar-refractivity contribution in [2.75, 3.05) is 7.05 Å². The zero-order valence-corrected chi connectivity index (χ0v) is 13.1. The molecule has 1 atom stereocenters. The molecule has 1 aromatic rings. The molecule has 1 amide bonds. The summed E-state index contributed by atoms with van der Waals surface area (Å²) in [4.78, 5) is 24.8. The predicted octanol–water partition coefficient (Wildman–Crippen LogP) is 2.77. The fourth-order valence-corrected chi connectivity index (χ4v) is 2.42. The quantitative estimate of drug-likeness (QED) is 0.902. The van der Waals surface area contributed by atoms with Crippen molar-refractivity contribution in [1.82, 2.24) is 9.47 Å². The molecule has 19 heavy (non-hydrogen) atoms. The van der Waals surface area contributed by atoms with Crippen LogP contribution < -0.4 is 0 Å². The monoisotopic (exact) mass is 330 g/mol. The van der Waals surface area contributed by atoms with Gasteiger partial charge in [0.2, 0.25) is 0 Å². The molecule has 0 saturated carbocycles. The minimum atomic E-state index is -0.986. The summed E-state index contributed by atoms with van der Waals surface area (Å²) >= 11 is 3.34. The van der Waals surface area contributed by atoms with Crippen LogP contribution in [0.15, 0.2) is 16.7 Å². The molecule has 0 aliphatic heterocycles. The maximum atomic E-state index is 12.4. The van der Waals surface area contributed by atoms with Crippen LogP contribution in [0, 0.1) is 0 Å². The Balaban J connectivity index is 3.09. The summed E-state index contributed by atoms with van der Waals surface area (Å²) in [5.41, 5.74) is 0.490. The lowest BCUT2D eigenvalue weighted by Gasteiger charge is -2.25. The van der Waals surface area contributed by atoms with Gasteiger partial charge in [-0.15, -0.1) is 0 Å². The average molecular weight is 331 g/mol. The molecule has 0 bridgehead atoms. The summed E-state index contributed by atoms with van der Waals surface area (Å²) in [6.45, 7) is 5.69. The number of rotatable bonds is 5. The second-order valence-corrected chi connectivity index (χ2v) is 5.64. The van der Waals surface area contributed by atoms with E-state index in [9.17, 15) is 9.59 Å². The van der Waals surface area contributed by atoms with E-state index in [1.54, 1.807) is 13.0 Å². The van der Waals surface area contributed by atoms with E-state index in [0.29, 0.717) is 12.1 Å². The molecule has 0 aromatic carbocycles. The van der Waals surface area contributed by atoms with Crippen LogP contribution in [0.25, 0.3) is 0 Å². The maximum absolute atomic E-state index is 12.4. The summed E-state index contributed by atoms with van der Waals surface area (Å²) in [5.74, 6) is -1.27. The first-order chi connectivity index (χ1) is 8.79. The van der Waals surface area contributed by atoms with Gasteiger partial charge in [-0.3, -0.25) is 4.79 Å². The van der Waals surface area contributed by atoms with Gasteiger partial charge in [-0.25, -0.2) is 4.79 Å². The number of halogens is 1. The van der Waals surface area contributed by atoms with E-state index in [1.165, 1.54) is 11.9 Å². The summed E-state index contributed by atoms with van der Waals surface area (Å²) in [6.07, 6.45) is 2.20. The van der Waals surface area contributed by atoms with E-state index in [1.807, 2.05) is 24.6 Å². The van der Waals surface area contributed by atoms with Crippen LogP contribution in [-0.4, -0.2) is 39.5 Å². The van der Waals surface area contributed by atoms with Crippen molar-refractivity contribution in [3.8, 4) is 0 Å². The number of carbonyl (C=O) groups is 2. The van der Waals surface area contributed by atoms with Crippen molar-refractivity contribution in [3.05, 3.63) is 22.4 Å². The van der Waals surface area contributed by atoms with Crippen molar-refractivity contribution in [2.24, 2.45) is 0 Å². The van der Waals surface area contributed by atoms with Crippen LogP contribution in [-0.2, 0) is 4.79 Å². The summed E-state index contributed by atoms with van der Waals surface area (Å²) in [7, 11) is 1.52. The number of aromatic nitrogens is 1. The number of aliphatic carboxylic acids is 1. The largest absolute Gasteiger partial charge is 0.480 e. The Labute approximate surface area is 121 Å². The minimum Gasteiger partial charge on any atom is -0.480 e. The Bertz CT molecular complexity index is 482. The number of carboxylic acid groups (broad SMARTS) is 1. The number of hydrogen-bond donors (Lipinski definition) is 1. The second-order valence-electron chi connectivity index (χ2n) is 4.72. The first-order valence-electron chi connectivity index (χ1n) is 6.16. The molecular weight excluding hydrogens is 312 g/mol. The molecule has 1 N–H and O–H groups in total. The van der Waals surface area contributed by atoms with E-state index in [-0.39, 0.29) is 11.9 Å². The molecule has 0 spiro atoms. The normalized spacial score (nSPS) is 12.5. The van der Waals surface area contributed by atoms with Gasteiger partial charge < -0.3 is 14.6 Å². The molecule has 106 valence electrons. The molecule has 1 aromatic heterocycles.